The molecule has 0 amide bonds. The first-order chi connectivity index (χ1) is 12.1. The van der Waals surface area contributed by atoms with Crippen LogP contribution in [0.3, 0.4) is 0 Å². The predicted molar refractivity (Wildman–Crippen MR) is 93.5 cm³/mol. The molecule has 0 aromatic heterocycles. The highest BCUT2D eigenvalue weighted by molar-refractivity contribution is 7.89. The molecule has 0 aliphatic carbocycles. The summed E-state index contributed by atoms with van der Waals surface area (Å²) in [5.41, 5.74) is 0.865. The molecule has 1 saturated heterocycles. The normalized spacial score (nSPS) is 20.6. The lowest BCUT2D eigenvalue weighted by molar-refractivity contribution is 0.174. The van der Waals surface area contributed by atoms with Crippen molar-refractivity contribution in [1.29, 1.82) is 0 Å². The number of halogens is 1. The van der Waals surface area contributed by atoms with Gasteiger partial charge in [0.1, 0.15) is 0 Å². The molecule has 2 aromatic carbocycles. The lowest BCUT2D eigenvalue weighted by atomic mass is 10.1. The van der Waals surface area contributed by atoms with Gasteiger partial charge in [0.2, 0.25) is 16.8 Å². The van der Waals surface area contributed by atoms with Crippen LogP contribution < -0.4 is 14.8 Å². The van der Waals surface area contributed by atoms with E-state index in [1.54, 1.807) is 24.3 Å². The van der Waals surface area contributed by atoms with Crippen LogP contribution in [0.5, 0.6) is 11.5 Å². The number of nitrogens with one attached hydrogen (secondary N) is 1. The zero-order chi connectivity index (χ0) is 17.4. The molecule has 132 valence electrons. The van der Waals surface area contributed by atoms with E-state index in [1.165, 1.54) is 10.4 Å². The molecule has 0 spiro atoms. The zero-order valence-electron chi connectivity index (χ0n) is 13.3. The third-order valence-electron chi connectivity index (χ3n) is 4.38. The molecule has 25 heavy (non-hydrogen) atoms. The van der Waals surface area contributed by atoms with E-state index in [0.717, 1.165) is 5.56 Å². The van der Waals surface area contributed by atoms with E-state index in [4.69, 9.17) is 21.1 Å². The van der Waals surface area contributed by atoms with Crippen molar-refractivity contribution < 1.29 is 17.9 Å². The van der Waals surface area contributed by atoms with E-state index in [0.29, 0.717) is 36.2 Å². The van der Waals surface area contributed by atoms with Gasteiger partial charge >= 0.3 is 0 Å². The number of hydrogen-bond acceptors (Lipinski definition) is 5. The van der Waals surface area contributed by atoms with Crippen LogP contribution in [-0.2, 0) is 10.0 Å². The van der Waals surface area contributed by atoms with E-state index in [2.05, 4.69) is 5.32 Å². The van der Waals surface area contributed by atoms with Gasteiger partial charge in [-0.3, -0.25) is 0 Å². The Labute approximate surface area is 151 Å². The topological polar surface area (TPSA) is 67.9 Å². The third-order valence-corrected chi connectivity index (χ3v) is 6.52. The highest BCUT2D eigenvalue weighted by Gasteiger charge is 2.35. The van der Waals surface area contributed by atoms with Gasteiger partial charge in [-0.05, 0) is 29.8 Å². The van der Waals surface area contributed by atoms with Crippen LogP contribution in [0.1, 0.15) is 11.6 Å². The minimum atomic E-state index is -3.68. The highest BCUT2D eigenvalue weighted by atomic mass is 35.5. The van der Waals surface area contributed by atoms with Gasteiger partial charge in [0, 0.05) is 30.7 Å². The molecule has 1 atom stereocenters. The minimum absolute atomic E-state index is 0.109. The van der Waals surface area contributed by atoms with Crippen molar-refractivity contribution in [3.8, 4) is 11.5 Å². The average Bonchev–Trinajstić information content (AvgIpc) is 3.09. The molecule has 1 unspecified atom stereocenters. The molecular weight excluding hydrogens is 364 g/mol. The van der Waals surface area contributed by atoms with E-state index in [-0.39, 0.29) is 17.7 Å². The second-order valence-electron chi connectivity index (χ2n) is 5.91. The van der Waals surface area contributed by atoms with Gasteiger partial charge in [-0.15, -0.1) is 0 Å². The summed E-state index contributed by atoms with van der Waals surface area (Å²) in [5.74, 6) is 1.01. The quantitative estimate of drug-likeness (QED) is 0.885. The average molecular weight is 381 g/mol. The van der Waals surface area contributed by atoms with Gasteiger partial charge in [0.15, 0.2) is 11.5 Å². The lowest BCUT2D eigenvalue weighted by Gasteiger charge is -2.35. The van der Waals surface area contributed by atoms with Gasteiger partial charge in [0.05, 0.1) is 10.9 Å². The maximum Gasteiger partial charge on any atom is 0.243 e. The minimum Gasteiger partial charge on any atom is -0.454 e. The maximum absolute atomic E-state index is 13.2. The Kier molecular flexibility index (Phi) is 4.33. The Balaban J connectivity index is 1.72. The van der Waals surface area contributed by atoms with Crippen LogP contribution in [0.2, 0.25) is 5.02 Å². The fraction of sp³-hybridized carbons (Fsp3) is 0.294. The van der Waals surface area contributed by atoms with E-state index >= 15 is 0 Å². The number of benzene rings is 2. The lowest BCUT2D eigenvalue weighted by Crippen LogP contribution is -2.48. The standard InChI is InChI=1S/C17H17ClN2O4S/c18-13-3-1-2-12(8-13)15-10-19-6-7-20(15)25(21,22)14-4-5-16-17(9-14)24-11-23-16/h1-5,8-9,15,19H,6-7,10-11H2. The van der Waals surface area contributed by atoms with Crippen molar-refractivity contribution in [2.24, 2.45) is 0 Å². The van der Waals surface area contributed by atoms with E-state index in [9.17, 15) is 8.42 Å². The largest absolute Gasteiger partial charge is 0.454 e. The Bertz CT molecular complexity index is 903. The molecular formula is C17H17ClN2O4S. The molecule has 2 aromatic rings. The zero-order valence-corrected chi connectivity index (χ0v) is 14.9. The smallest absolute Gasteiger partial charge is 0.243 e. The first-order valence-corrected chi connectivity index (χ1v) is 9.75. The van der Waals surface area contributed by atoms with Crippen LogP contribution in [0.25, 0.3) is 0 Å². The summed E-state index contributed by atoms with van der Waals surface area (Å²) in [6.07, 6.45) is 0. The Morgan fingerprint density at radius 2 is 1.96 bits per heavy atom. The second kappa shape index (κ2) is 6.49. The summed E-state index contributed by atoms with van der Waals surface area (Å²) in [6.45, 7) is 1.62. The van der Waals surface area contributed by atoms with Crippen molar-refractivity contribution in [3.63, 3.8) is 0 Å². The summed E-state index contributed by atoms with van der Waals surface area (Å²) in [5, 5.41) is 3.84. The van der Waals surface area contributed by atoms with Crippen molar-refractivity contribution in [1.82, 2.24) is 9.62 Å². The number of fused-ring (bicyclic) bond motifs is 1. The molecule has 2 aliphatic rings. The van der Waals surface area contributed by atoms with Gasteiger partial charge in [-0.25, -0.2) is 8.42 Å². The molecule has 0 saturated carbocycles. The summed E-state index contributed by atoms with van der Waals surface area (Å²) >= 11 is 6.09. The Morgan fingerprint density at radius 3 is 2.80 bits per heavy atom. The molecule has 6 nitrogen and oxygen atoms in total. The van der Waals surface area contributed by atoms with E-state index in [1.807, 2.05) is 12.1 Å². The van der Waals surface area contributed by atoms with Crippen LogP contribution in [0.4, 0.5) is 0 Å². The van der Waals surface area contributed by atoms with Crippen molar-refractivity contribution in [3.05, 3.63) is 53.1 Å². The number of ether oxygens (including phenoxy) is 2. The van der Waals surface area contributed by atoms with Crippen LogP contribution in [0.15, 0.2) is 47.4 Å². The number of sulfonamides is 1. The molecule has 4 rings (SSSR count). The molecule has 0 bridgehead atoms. The van der Waals surface area contributed by atoms with Gasteiger partial charge in [-0.2, -0.15) is 4.31 Å². The van der Waals surface area contributed by atoms with Crippen LogP contribution in [-0.4, -0.2) is 39.2 Å². The highest BCUT2D eigenvalue weighted by Crippen LogP contribution is 2.36. The van der Waals surface area contributed by atoms with Gasteiger partial charge in [0.25, 0.3) is 0 Å². The van der Waals surface area contributed by atoms with Gasteiger partial charge < -0.3 is 14.8 Å². The summed E-state index contributed by atoms with van der Waals surface area (Å²) in [6, 6.07) is 11.7. The molecule has 8 heteroatoms. The molecule has 2 heterocycles. The fourth-order valence-electron chi connectivity index (χ4n) is 3.14. The molecule has 0 radical (unpaired) electrons. The second-order valence-corrected chi connectivity index (χ2v) is 8.23. The van der Waals surface area contributed by atoms with E-state index < -0.39 is 10.0 Å². The van der Waals surface area contributed by atoms with Crippen LogP contribution in [0, 0.1) is 0 Å². The first kappa shape index (κ1) is 16.7. The van der Waals surface area contributed by atoms with Gasteiger partial charge in [-0.1, -0.05) is 23.7 Å². The number of hydrogen-bond donors (Lipinski definition) is 1. The molecule has 1 N–H and O–H groups in total. The Morgan fingerprint density at radius 1 is 1.12 bits per heavy atom. The van der Waals surface area contributed by atoms with Crippen molar-refractivity contribution in [2.45, 2.75) is 10.9 Å². The summed E-state index contributed by atoms with van der Waals surface area (Å²) < 4.78 is 38.5. The number of piperazine rings is 1. The SMILES string of the molecule is O=S(=O)(c1ccc2c(c1)OCO2)N1CCNCC1c1cccc(Cl)c1. The predicted octanol–water partition coefficient (Wildman–Crippen LogP) is 2.40. The van der Waals surface area contributed by atoms with Crippen molar-refractivity contribution >= 4 is 21.6 Å². The number of rotatable bonds is 3. The fourth-order valence-corrected chi connectivity index (χ4v) is 4.97. The molecule has 1 fully saturated rings. The number of nitrogens with zero attached hydrogens (tertiary/aromatic N) is 1. The summed E-state index contributed by atoms with van der Waals surface area (Å²) in [7, 11) is -3.68. The van der Waals surface area contributed by atoms with Crippen molar-refractivity contribution in [2.75, 3.05) is 26.4 Å². The monoisotopic (exact) mass is 380 g/mol. The maximum atomic E-state index is 13.2. The Hall–Kier alpha value is -1.80. The van der Waals surface area contributed by atoms with Crippen LogP contribution >= 0.6 is 11.6 Å². The third kappa shape index (κ3) is 3.08. The summed E-state index contributed by atoms with van der Waals surface area (Å²) in [4.78, 5) is 0.200. The molecule has 2 aliphatic heterocycles. The first-order valence-electron chi connectivity index (χ1n) is 7.93.